The van der Waals surface area contributed by atoms with Crippen LogP contribution in [0.15, 0.2) is 53.3 Å². The first-order chi connectivity index (χ1) is 15.5. The summed E-state index contributed by atoms with van der Waals surface area (Å²) in [7, 11) is 0. The molecule has 2 heterocycles. The molecule has 0 spiro atoms. The van der Waals surface area contributed by atoms with Gasteiger partial charge in [-0.3, -0.25) is 14.2 Å². The number of nitrogens with zero attached hydrogens (tertiary/aromatic N) is 4. The average Bonchev–Trinajstić information content (AvgIpc) is 3.32. The highest BCUT2D eigenvalue weighted by Gasteiger charge is 2.30. The van der Waals surface area contributed by atoms with Gasteiger partial charge in [-0.2, -0.15) is 0 Å². The van der Waals surface area contributed by atoms with Gasteiger partial charge in [0.15, 0.2) is 0 Å². The van der Waals surface area contributed by atoms with Crippen LogP contribution in [0.1, 0.15) is 45.3 Å². The van der Waals surface area contributed by atoms with Crippen molar-refractivity contribution in [2.45, 2.75) is 45.4 Å². The number of carbonyl (C=O) groups excluding carboxylic acids is 2. The molecule has 8 nitrogen and oxygen atoms in total. The van der Waals surface area contributed by atoms with E-state index in [9.17, 15) is 14.4 Å². The highest BCUT2D eigenvalue weighted by atomic mass is 16.2. The van der Waals surface area contributed by atoms with Gasteiger partial charge in [0, 0.05) is 19.6 Å². The Morgan fingerprint density at radius 2 is 1.97 bits per heavy atom. The SMILES string of the molecule is Cc1cccc(CN2CCn3c(nn(CC(=O)NC4CCc5ccccc54)c3=O)C2=O)c1. The van der Waals surface area contributed by atoms with Gasteiger partial charge in [0.2, 0.25) is 11.7 Å². The fraction of sp³-hybridized carbons (Fsp3) is 0.333. The van der Waals surface area contributed by atoms with Crippen molar-refractivity contribution in [1.29, 1.82) is 0 Å². The Balaban J connectivity index is 1.29. The number of carbonyl (C=O) groups is 2. The molecule has 0 bridgehead atoms. The molecule has 1 aliphatic heterocycles. The fourth-order valence-electron chi connectivity index (χ4n) is 4.63. The van der Waals surface area contributed by atoms with Gasteiger partial charge >= 0.3 is 5.69 Å². The Hall–Kier alpha value is -3.68. The van der Waals surface area contributed by atoms with Crippen LogP contribution in [0.2, 0.25) is 0 Å². The van der Waals surface area contributed by atoms with Crippen molar-refractivity contribution in [3.8, 4) is 0 Å². The molecule has 1 atom stereocenters. The second-order valence-electron chi connectivity index (χ2n) is 8.49. The van der Waals surface area contributed by atoms with E-state index in [1.807, 2.05) is 49.4 Å². The Labute approximate surface area is 185 Å². The van der Waals surface area contributed by atoms with E-state index in [1.54, 1.807) is 4.90 Å². The van der Waals surface area contributed by atoms with E-state index < -0.39 is 5.69 Å². The fourth-order valence-corrected chi connectivity index (χ4v) is 4.63. The number of hydrogen-bond acceptors (Lipinski definition) is 4. The van der Waals surface area contributed by atoms with E-state index >= 15 is 0 Å². The summed E-state index contributed by atoms with van der Waals surface area (Å²) in [6, 6.07) is 16.0. The number of fused-ring (bicyclic) bond motifs is 2. The van der Waals surface area contributed by atoms with Gasteiger partial charge < -0.3 is 10.2 Å². The van der Waals surface area contributed by atoms with Crippen LogP contribution in [0.5, 0.6) is 0 Å². The minimum atomic E-state index is -0.425. The van der Waals surface area contributed by atoms with Crippen molar-refractivity contribution < 1.29 is 9.59 Å². The molecule has 1 N–H and O–H groups in total. The zero-order valence-corrected chi connectivity index (χ0v) is 18.0. The quantitative estimate of drug-likeness (QED) is 0.667. The molecular weight excluding hydrogens is 406 g/mol. The van der Waals surface area contributed by atoms with Crippen molar-refractivity contribution in [1.82, 2.24) is 24.6 Å². The maximum Gasteiger partial charge on any atom is 0.346 e. The monoisotopic (exact) mass is 431 g/mol. The van der Waals surface area contributed by atoms with Crippen LogP contribution >= 0.6 is 0 Å². The van der Waals surface area contributed by atoms with Gasteiger partial charge in [-0.05, 0) is 36.5 Å². The first kappa shape index (κ1) is 20.2. The second-order valence-corrected chi connectivity index (χ2v) is 8.49. The van der Waals surface area contributed by atoms with Crippen LogP contribution < -0.4 is 11.0 Å². The zero-order valence-electron chi connectivity index (χ0n) is 18.0. The van der Waals surface area contributed by atoms with Crippen molar-refractivity contribution >= 4 is 11.8 Å². The van der Waals surface area contributed by atoms with Crippen molar-refractivity contribution in [3.63, 3.8) is 0 Å². The van der Waals surface area contributed by atoms with E-state index in [-0.39, 0.29) is 30.2 Å². The summed E-state index contributed by atoms with van der Waals surface area (Å²) in [4.78, 5) is 40.1. The predicted octanol–water partition coefficient (Wildman–Crippen LogP) is 1.81. The first-order valence-corrected chi connectivity index (χ1v) is 10.9. The van der Waals surface area contributed by atoms with Crippen LogP contribution in [0.3, 0.4) is 0 Å². The maximum absolute atomic E-state index is 13.0. The predicted molar refractivity (Wildman–Crippen MR) is 118 cm³/mol. The lowest BCUT2D eigenvalue weighted by Gasteiger charge is -2.26. The highest BCUT2D eigenvalue weighted by Crippen LogP contribution is 2.30. The molecule has 8 heteroatoms. The number of nitrogens with one attached hydrogen (secondary N) is 1. The van der Waals surface area contributed by atoms with Crippen molar-refractivity contribution in [2.75, 3.05) is 6.54 Å². The Bertz CT molecular complexity index is 1260. The van der Waals surface area contributed by atoms with Crippen LogP contribution in [0.4, 0.5) is 0 Å². The second kappa shape index (κ2) is 8.11. The van der Waals surface area contributed by atoms with Gasteiger partial charge in [-0.25, -0.2) is 9.48 Å². The zero-order chi connectivity index (χ0) is 22.2. The molecule has 0 radical (unpaired) electrons. The minimum absolute atomic E-state index is 0.0573. The molecule has 2 aliphatic rings. The number of benzene rings is 2. The molecule has 2 aromatic carbocycles. The van der Waals surface area contributed by atoms with Crippen molar-refractivity contribution in [3.05, 3.63) is 87.1 Å². The van der Waals surface area contributed by atoms with Crippen LogP contribution in [0, 0.1) is 6.92 Å². The summed E-state index contributed by atoms with van der Waals surface area (Å²) >= 11 is 0. The van der Waals surface area contributed by atoms with Gasteiger partial charge in [0.25, 0.3) is 5.91 Å². The van der Waals surface area contributed by atoms with Gasteiger partial charge in [-0.1, -0.05) is 54.1 Å². The number of hydrogen-bond donors (Lipinski definition) is 1. The maximum atomic E-state index is 13.0. The van der Waals surface area contributed by atoms with Crippen LogP contribution in [0.25, 0.3) is 0 Å². The van der Waals surface area contributed by atoms with Gasteiger partial charge in [-0.15, -0.1) is 5.10 Å². The summed E-state index contributed by atoms with van der Waals surface area (Å²) in [5, 5.41) is 7.22. The van der Waals surface area contributed by atoms with Crippen molar-refractivity contribution in [2.24, 2.45) is 0 Å². The Kier molecular flexibility index (Phi) is 5.13. The smallest absolute Gasteiger partial charge is 0.346 e. The molecular formula is C24H25N5O3. The molecule has 0 fully saturated rings. The lowest BCUT2D eigenvalue weighted by molar-refractivity contribution is -0.122. The largest absolute Gasteiger partial charge is 0.348 e. The third kappa shape index (κ3) is 3.72. The topological polar surface area (TPSA) is 89.2 Å². The minimum Gasteiger partial charge on any atom is -0.348 e. The highest BCUT2D eigenvalue weighted by molar-refractivity contribution is 5.91. The molecule has 32 heavy (non-hydrogen) atoms. The first-order valence-electron chi connectivity index (χ1n) is 10.9. The normalized spacial score (nSPS) is 17.2. The average molecular weight is 431 g/mol. The summed E-state index contributed by atoms with van der Waals surface area (Å²) in [5.74, 6) is -0.486. The molecule has 1 aromatic heterocycles. The molecule has 1 unspecified atom stereocenters. The lowest BCUT2D eigenvalue weighted by Crippen LogP contribution is -2.42. The summed E-state index contributed by atoms with van der Waals surface area (Å²) < 4.78 is 2.47. The molecule has 5 rings (SSSR count). The van der Waals surface area contributed by atoms with Crippen LogP contribution in [-0.2, 0) is 30.8 Å². The Morgan fingerprint density at radius 3 is 2.81 bits per heavy atom. The van der Waals surface area contributed by atoms with E-state index in [4.69, 9.17) is 0 Å². The van der Waals surface area contributed by atoms with Gasteiger partial charge in [0.1, 0.15) is 6.54 Å². The number of aromatic nitrogens is 3. The van der Waals surface area contributed by atoms with Gasteiger partial charge in [0.05, 0.1) is 6.04 Å². The van der Waals surface area contributed by atoms with Crippen LogP contribution in [-0.4, -0.2) is 37.6 Å². The van der Waals surface area contributed by atoms with E-state index in [2.05, 4.69) is 16.5 Å². The summed E-state index contributed by atoms with van der Waals surface area (Å²) in [6.45, 7) is 3.06. The van der Waals surface area contributed by atoms with E-state index in [1.165, 1.54) is 10.1 Å². The Morgan fingerprint density at radius 1 is 1.12 bits per heavy atom. The standard InChI is InChI=1S/C24H25N5O3/c1-16-5-4-6-17(13-16)14-27-11-12-28-22(23(27)31)26-29(24(28)32)15-21(30)25-20-10-9-18-7-2-3-8-19(18)20/h2-8,13,20H,9-12,14-15H2,1H3,(H,25,30). The third-order valence-corrected chi connectivity index (χ3v) is 6.21. The summed E-state index contributed by atoms with van der Waals surface area (Å²) in [5.41, 5.74) is 4.10. The molecule has 0 saturated carbocycles. The lowest BCUT2D eigenvalue weighted by atomic mass is 10.1. The number of amides is 2. The number of aryl methyl sites for hydroxylation is 2. The molecule has 164 valence electrons. The van der Waals surface area contributed by atoms with E-state index in [0.717, 1.165) is 34.2 Å². The molecule has 1 aliphatic carbocycles. The molecule has 0 saturated heterocycles. The molecule has 2 amide bonds. The molecule has 3 aromatic rings. The third-order valence-electron chi connectivity index (χ3n) is 6.21. The van der Waals surface area contributed by atoms with E-state index in [0.29, 0.717) is 19.6 Å². The number of rotatable bonds is 5. The summed E-state index contributed by atoms with van der Waals surface area (Å²) in [6.07, 6.45) is 1.76.